The maximum absolute atomic E-state index is 12.0. The molecule has 0 heterocycles. The highest BCUT2D eigenvalue weighted by Gasteiger charge is 2.14. The molecular weight excluding hydrogens is 341 g/mol. The van der Waals surface area contributed by atoms with Crippen molar-refractivity contribution in [3.8, 4) is 5.75 Å². The molecule has 0 radical (unpaired) electrons. The molecule has 2 aromatic carbocycles. The molecule has 0 aromatic heterocycles. The Balaban J connectivity index is 2.00. The van der Waals surface area contributed by atoms with E-state index in [2.05, 4.69) is 0 Å². The first kappa shape index (κ1) is 17.1. The van der Waals surface area contributed by atoms with Crippen molar-refractivity contribution in [3.05, 3.63) is 63.6 Å². The molecule has 0 atom stereocenters. The van der Waals surface area contributed by atoms with Crippen molar-refractivity contribution in [2.45, 2.75) is 6.61 Å². The lowest BCUT2D eigenvalue weighted by atomic mass is 10.2. The minimum absolute atomic E-state index is 0.0233. The number of amides is 1. The van der Waals surface area contributed by atoms with Gasteiger partial charge in [-0.3, -0.25) is 4.79 Å². The number of primary amides is 1. The van der Waals surface area contributed by atoms with Crippen molar-refractivity contribution in [2.75, 3.05) is 6.61 Å². The lowest BCUT2D eigenvalue weighted by molar-refractivity contribution is -0.119. The molecule has 23 heavy (non-hydrogen) atoms. The predicted molar refractivity (Wildman–Crippen MR) is 86.7 cm³/mol. The second-order valence-electron chi connectivity index (χ2n) is 4.58. The summed E-state index contributed by atoms with van der Waals surface area (Å²) in [5, 5.41) is 0.431. The van der Waals surface area contributed by atoms with Crippen LogP contribution in [0.1, 0.15) is 15.9 Å². The molecule has 0 saturated carbocycles. The summed E-state index contributed by atoms with van der Waals surface area (Å²) in [6.07, 6.45) is 0. The first-order chi connectivity index (χ1) is 11.0. The number of esters is 1. The van der Waals surface area contributed by atoms with Crippen LogP contribution >= 0.6 is 23.2 Å². The number of carbonyl (C=O) groups is 2. The molecule has 0 aliphatic rings. The van der Waals surface area contributed by atoms with Crippen LogP contribution in [0.2, 0.25) is 10.0 Å². The van der Waals surface area contributed by atoms with Gasteiger partial charge in [-0.15, -0.1) is 0 Å². The highest BCUT2D eigenvalue weighted by atomic mass is 35.5. The smallest absolute Gasteiger partial charge is 0.340 e. The van der Waals surface area contributed by atoms with E-state index in [9.17, 15) is 9.59 Å². The summed E-state index contributed by atoms with van der Waals surface area (Å²) < 4.78 is 10.4. The highest BCUT2D eigenvalue weighted by molar-refractivity contribution is 6.43. The molecule has 2 aromatic rings. The summed E-state index contributed by atoms with van der Waals surface area (Å²) in [6, 6.07) is 11.5. The summed E-state index contributed by atoms with van der Waals surface area (Å²) in [5.74, 6) is -0.698. The highest BCUT2D eigenvalue weighted by Crippen LogP contribution is 2.26. The number of nitrogens with two attached hydrogens (primary N) is 1. The predicted octanol–water partition coefficient (Wildman–Crippen LogP) is 3.21. The third-order valence-corrected chi connectivity index (χ3v) is 3.64. The van der Waals surface area contributed by atoms with Crippen LogP contribution in [0.5, 0.6) is 5.75 Å². The Hall–Kier alpha value is -2.24. The van der Waals surface area contributed by atoms with Gasteiger partial charge in [0.15, 0.2) is 6.61 Å². The third-order valence-electron chi connectivity index (χ3n) is 2.82. The third kappa shape index (κ3) is 4.87. The first-order valence-corrected chi connectivity index (χ1v) is 7.34. The van der Waals surface area contributed by atoms with E-state index in [0.29, 0.717) is 11.3 Å². The largest absolute Gasteiger partial charge is 0.484 e. The second kappa shape index (κ2) is 7.85. The Kier molecular flexibility index (Phi) is 5.84. The van der Waals surface area contributed by atoms with Crippen molar-refractivity contribution >= 4 is 35.1 Å². The SMILES string of the molecule is NC(=O)COc1cccc(COC(=O)c2cccc(Cl)c2Cl)c1. The Morgan fingerprint density at radius 3 is 2.57 bits per heavy atom. The molecule has 0 aliphatic heterocycles. The fraction of sp³-hybridized carbons (Fsp3) is 0.125. The molecule has 0 unspecified atom stereocenters. The molecular formula is C16H13Cl2NO4. The van der Waals surface area contributed by atoms with Crippen LogP contribution in [0.4, 0.5) is 0 Å². The molecule has 0 saturated heterocycles. The number of halogens is 2. The van der Waals surface area contributed by atoms with Gasteiger partial charge in [0.25, 0.3) is 5.91 Å². The molecule has 1 amide bonds. The number of ether oxygens (including phenoxy) is 2. The second-order valence-corrected chi connectivity index (χ2v) is 5.37. The average molecular weight is 354 g/mol. The van der Waals surface area contributed by atoms with Gasteiger partial charge in [0.2, 0.25) is 0 Å². The van der Waals surface area contributed by atoms with Gasteiger partial charge in [0.05, 0.1) is 15.6 Å². The van der Waals surface area contributed by atoms with Gasteiger partial charge in [-0.25, -0.2) is 4.79 Å². The van der Waals surface area contributed by atoms with Crippen LogP contribution in [-0.2, 0) is 16.1 Å². The first-order valence-electron chi connectivity index (χ1n) is 6.58. The van der Waals surface area contributed by atoms with Crippen LogP contribution in [-0.4, -0.2) is 18.5 Å². The van der Waals surface area contributed by atoms with Crippen molar-refractivity contribution in [1.82, 2.24) is 0 Å². The zero-order chi connectivity index (χ0) is 16.8. The maximum atomic E-state index is 12.0. The van der Waals surface area contributed by atoms with E-state index in [0.717, 1.165) is 0 Å². The van der Waals surface area contributed by atoms with Crippen LogP contribution in [0.25, 0.3) is 0 Å². The summed E-state index contributed by atoms with van der Waals surface area (Å²) in [7, 11) is 0. The van der Waals surface area contributed by atoms with Crippen molar-refractivity contribution < 1.29 is 19.1 Å². The quantitative estimate of drug-likeness (QED) is 0.808. The summed E-state index contributed by atoms with van der Waals surface area (Å²) in [5.41, 5.74) is 5.90. The summed E-state index contributed by atoms with van der Waals surface area (Å²) in [4.78, 5) is 22.7. The number of hydrogen-bond donors (Lipinski definition) is 1. The fourth-order valence-corrected chi connectivity index (χ4v) is 2.15. The number of benzene rings is 2. The van der Waals surface area contributed by atoms with E-state index in [-0.39, 0.29) is 28.8 Å². The van der Waals surface area contributed by atoms with Gasteiger partial charge in [-0.05, 0) is 29.8 Å². The Bertz CT molecular complexity index is 734. The maximum Gasteiger partial charge on any atom is 0.340 e. The van der Waals surface area contributed by atoms with Crippen molar-refractivity contribution in [3.63, 3.8) is 0 Å². The van der Waals surface area contributed by atoms with E-state index in [1.165, 1.54) is 6.07 Å². The zero-order valence-electron chi connectivity index (χ0n) is 11.9. The van der Waals surface area contributed by atoms with Crippen LogP contribution in [0, 0.1) is 0 Å². The molecule has 120 valence electrons. The van der Waals surface area contributed by atoms with E-state index < -0.39 is 11.9 Å². The molecule has 0 bridgehead atoms. The summed E-state index contributed by atoms with van der Waals surface area (Å²) in [6.45, 7) is -0.198. The lowest BCUT2D eigenvalue weighted by Gasteiger charge is -2.09. The average Bonchev–Trinajstić information content (AvgIpc) is 2.53. The molecule has 2 N–H and O–H groups in total. The topological polar surface area (TPSA) is 78.6 Å². The van der Waals surface area contributed by atoms with Gasteiger partial charge in [0.1, 0.15) is 12.4 Å². The normalized spacial score (nSPS) is 10.2. The zero-order valence-corrected chi connectivity index (χ0v) is 13.4. The molecule has 2 rings (SSSR count). The van der Waals surface area contributed by atoms with Gasteiger partial charge in [-0.1, -0.05) is 41.4 Å². The minimum Gasteiger partial charge on any atom is -0.484 e. The van der Waals surface area contributed by atoms with Crippen LogP contribution < -0.4 is 10.5 Å². The Morgan fingerprint density at radius 1 is 1.09 bits per heavy atom. The van der Waals surface area contributed by atoms with Gasteiger partial charge >= 0.3 is 5.97 Å². The number of carbonyl (C=O) groups excluding carboxylic acids is 2. The monoisotopic (exact) mass is 353 g/mol. The minimum atomic E-state index is -0.582. The van der Waals surface area contributed by atoms with Crippen LogP contribution in [0.15, 0.2) is 42.5 Å². The van der Waals surface area contributed by atoms with Gasteiger partial charge < -0.3 is 15.2 Å². The molecule has 5 nitrogen and oxygen atoms in total. The van der Waals surface area contributed by atoms with Crippen LogP contribution in [0.3, 0.4) is 0 Å². The molecule has 0 aliphatic carbocycles. The van der Waals surface area contributed by atoms with Gasteiger partial charge in [-0.2, -0.15) is 0 Å². The Morgan fingerprint density at radius 2 is 1.83 bits per heavy atom. The number of hydrogen-bond acceptors (Lipinski definition) is 4. The van der Waals surface area contributed by atoms with E-state index in [1.54, 1.807) is 36.4 Å². The summed E-state index contributed by atoms with van der Waals surface area (Å²) >= 11 is 11.8. The molecule has 0 spiro atoms. The van der Waals surface area contributed by atoms with E-state index in [4.69, 9.17) is 38.4 Å². The van der Waals surface area contributed by atoms with Gasteiger partial charge in [0, 0.05) is 0 Å². The standard InChI is InChI=1S/C16H13Cl2NO4/c17-13-6-2-5-12(15(13)18)16(21)23-8-10-3-1-4-11(7-10)22-9-14(19)20/h1-7H,8-9H2,(H2,19,20). The van der Waals surface area contributed by atoms with Crippen molar-refractivity contribution in [1.29, 1.82) is 0 Å². The lowest BCUT2D eigenvalue weighted by Crippen LogP contribution is -2.20. The molecule has 0 fully saturated rings. The van der Waals surface area contributed by atoms with Crippen molar-refractivity contribution in [2.24, 2.45) is 5.73 Å². The van der Waals surface area contributed by atoms with E-state index in [1.807, 2.05) is 0 Å². The van der Waals surface area contributed by atoms with E-state index >= 15 is 0 Å². The number of rotatable bonds is 6. The Labute approximate surface area is 142 Å². The fourth-order valence-electron chi connectivity index (χ4n) is 1.77. The molecule has 7 heteroatoms.